The predicted octanol–water partition coefficient (Wildman–Crippen LogP) is -0.718. The van der Waals surface area contributed by atoms with Crippen molar-refractivity contribution in [3.8, 4) is 0 Å². The van der Waals surface area contributed by atoms with Gasteiger partial charge in [-0.15, -0.1) is 0 Å². The fourth-order valence-corrected chi connectivity index (χ4v) is 3.09. The molecule has 0 saturated carbocycles. The summed E-state index contributed by atoms with van der Waals surface area (Å²) in [4.78, 5) is 22.3. The van der Waals surface area contributed by atoms with Gasteiger partial charge in [0.25, 0.3) is 0 Å². The second-order valence-electron chi connectivity index (χ2n) is 8.43. The fraction of sp³-hybridized carbons (Fsp3) is 0.455. The van der Waals surface area contributed by atoms with E-state index in [1.165, 1.54) is 35.2 Å². The Bertz CT molecular complexity index is 1090. The Morgan fingerprint density at radius 2 is 1.83 bits per heavy atom. The van der Waals surface area contributed by atoms with E-state index in [0.29, 0.717) is 12.0 Å². The van der Waals surface area contributed by atoms with Crippen LogP contribution in [-0.4, -0.2) is 104 Å². The zero-order chi connectivity index (χ0) is 26.2. The van der Waals surface area contributed by atoms with Crippen molar-refractivity contribution in [1.82, 2.24) is 24.5 Å². The van der Waals surface area contributed by atoms with Crippen LogP contribution in [0.1, 0.15) is 25.3 Å². The number of hydrogen-bond acceptors (Lipinski definition) is 8. The smallest absolute Gasteiger partial charge is 0.156 e. The lowest BCUT2D eigenvalue weighted by atomic mass is 9.47. The molecule has 2 N–H and O–H groups in total. The summed E-state index contributed by atoms with van der Waals surface area (Å²) < 4.78 is 14.0. The molecule has 3 aromatic rings. The summed E-state index contributed by atoms with van der Waals surface area (Å²) in [5.74, 6) is -1.87. The summed E-state index contributed by atoms with van der Waals surface area (Å²) in [6, 6.07) is 6.08. The number of likely N-dealkylation sites (N-methyl/N-ethyl adjacent to an activating group) is 2. The lowest BCUT2D eigenvalue weighted by molar-refractivity contribution is -0.157. The van der Waals surface area contributed by atoms with Crippen molar-refractivity contribution >= 4 is 46.9 Å². The number of aromatic nitrogens is 4. The fourth-order valence-electron chi connectivity index (χ4n) is 3.09. The number of rotatable bonds is 10. The van der Waals surface area contributed by atoms with Gasteiger partial charge in [0.1, 0.15) is 32.1 Å². The van der Waals surface area contributed by atoms with Crippen molar-refractivity contribution in [1.29, 1.82) is 0 Å². The molecule has 0 amide bonds. The number of unbranched alkanes of at least 4 members (excludes halogenated alkanes) is 1. The first-order valence-electron chi connectivity index (χ1n) is 10.9. The number of fused-ring (bicyclic) bond motifs is 1. The van der Waals surface area contributed by atoms with Crippen molar-refractivity contribution in [3.63, 3.8) is 0 Å². The van der Waals surface area contributed by atoms with Gasteiger partial charge in [-0.2, -0.15) is 5.10 Å². The van der Waals surface area contributed by atoms with Crippen molar-refractivity contribution < 1.29 is 19.4 Å². The van der Waals surface area contributed by atoms with Crippen molar-refractivity contribution in [3.05, 3.63) is 48.2 Å². The maximum absolute atomic E-state index is 12.7. The Labute approximate surface area is 208 Å². The van der Waals surface area contributed by atoms with Crippen LogP contribution in [0.3, 0.4) is 0 Å². The molecule has 0 aliphatic carbocycles. The van der Waals surface area contributed by atoms with Crippen LogP contribution in [0.5, 0.6) is 0 Å². The molecule has 0 fully saturated rings. The molecule has 0 bridgehead atoms. The molecule has 0 unspecified atom stereocenters. The summed E-state index contributed by atoms with van der Waals surface area (Å²) >= 11 is 0. The lowest BCUT2D eigenvalue weighted by Gasteiger charge is -2.37. The summed E-state index contributed by atoms with van der Waals surface area (Å²) in [6.45, 7) is 3.70. The molecule has 35 heavy (non-hydrogen) atoms. The minimum atomic E-state index is -2.31. The Kier molecular flexibility index (Phi) is 9.99. The van der Waals surface area contributed by atoms with Crippen LogP contribution in [0, 0.1) is 5.82 Å². The van der Waals surface area contributed by atoms with Crippen LogP contribution >= 0.6 is 0 Å². The Morgan fingerprint density at radius 3 is 2.43 bits per heavy atom. The van der Waals surface area contributed by atoms with Gasteiger partial charge in [0.2, 0.25) is 0 Å². The number of anilines is 1. The number of nitrogens with zero attached hydrogens (tertiary/aromatic N) is 6. The number of halogens is 1. The predicted molar refractivity (Wildman–Crippen MR) is 135 cm³/mol. The van der Waals surface area contributed by atoms with Gasteiger partial charge >= 0.3 is 0 Å². The zero-order valence-corrected chi connectivity index (χ0v) is 20.2. The van der Waals surface area contributed by atoms with Gasteiger partial charge in [-0.05, 0) is 55.4 Å². The van der Waals surface area contributed by atoms with E-state index in [1.54, 1.807) is 6.07 Å². The number of aldehydes is 1. The van der Waals surface area contributed by atoms with Crippen LogP contribution in [0.15, 0.2) is 36.8 Å². The maximum atomic E-state index is 12.7. The van der Waals surface area contributed by atoms with E-state index in [2.05, 4.69) is 20.0 Å². The zero-order valence-electron chi connectivity index (χ0n) is 20.2. The number of hydrogen-bond donors (Lipinski definition) is 2. The molecule has 9 nitrogen and oxygen atoms in total. The van der Waals surface area contributed by atoms with Gasteiger partial charge in [0.05, 0.1) is 21.9 Å². The van der Waals surface area contributed by atoms with Gasteiger partial charge in [-0.25, -0.2) is 18.9 Å². The van der Waals surface area contributed by atoms with Crippen molar-refractivity contribution in [2.75, 3.05) is 38.6 Å². The van der Waals surface area contributed by atoms with Gasteiger partial charge < -0.3 is 24.8 Å². The summed E-state index contributed by atoms with van der Waals surface area (Å²) in [5.41, 5.74) is 0.857. The third-order valence-corrected chi connectivity index (χ3v) is 5.47. The molecule has 0 aliphatic heterocycles. The SMILES string of the molecule is CN(CCCC=O)CCN(C)c1ccc(F)cn1.[B]c1ccc(C([B])([B])C(C)(O)O)c2ncnn12. The van der Waals surface area contributed by atoms with E-state index < -0.39 is 11.0 Å². The summed E-state index contributed by atoms with van der Waals surface area (Å²) in [6.07, 6.45) is 4.94. The highest BCUT2D eigenvalue weighted by molar-refractivity contribution is 6.41. The molecule has 180 valence electrons. The van der Waals surface area contributed by atoms with Crippen LogP contribution in [0.2, 0.25) is 0 Å². The van der Waals surface area contributed by atoms with Gasteiger partial charge in [0.15, 0.2) is 11.4 Å². The molecule has 0 atom stereocenters. The second kappa shape index (κ2) is 12.3. The Hall–Kier alpha value is -2.76. The molecule has 3 aromatic heterocycles. The van der Waals surface area contributed by atoms with E-state index in [4.69, 9.17) is 23.5 Å². The molecular formula is C22H28B3FN6O3. The first kappa shape index (κ1) is 28.5. The summed E-state index contributed by atoms with van der Waals surface area (Å²) in [5, 5.41) is 21.2. The van der Waals surface area contributed by atoms with Crippen molar-refractivity contribution in [2.45, 2.75) is 30.8 Å². The topological polar surface area (TPSA) is 107 Å². The van der Waals surface area contributed by atoms with E-state index in [9.17, 15) is 19.4 Å². The third-order valence-electron chi connectivity index (χ3n) is 5.47. The van der Waals surface area contributed by atoms with E-state index >= 15 is 0 Å². The minimum Gasteiger partial charge on any atom is -0.366 e. The highest BCUT2D eigenvalue weighted by Crippen LogP contribution is 2.29. The summed E-state index contributed by atoms with van der Waals surface area (Å²) in [7, 11) is 21.1. The number of aliphatic hydroxyl groups is 2. The van der Waals surface area contributed by atoms with E-state index in [1.807, 2.05) is 19.0 Å². The standard InChI is InChI=1S/C13H20FN3O.C9H8B3N3O2/c1-16(7-3-4-10-18)8-9-17(2)13-6-5-12(14)11-15-13;1-8(16,17)9(11,12)5-2-3-6(10)15-7(5)13-4-14-15/h5-6,10-11H,3-4,7-9H2,1-2H3;2-4,16-17H,1H3. The normalized spacial score (nSPS) is 11.9. The number of carbonyl (C=O) groups excluding carboxylic acids is 1. The molecule has 13 heteroatoms. The third kappa shape index (κ3) is 7.61. The van der Waals surface area contributed by atoms with Gasteiger partial charge in [-0.3, -0.25) is 0 Å². The van der Waals surface area contributed by atoms with Crippen LogP contribution in [0.4, 0.5) is 10.2 Å². The minimum absolute atomic E-state index is 0.233. The largest absolute Gasteiger partial charge is 0.366 e. The van der Waals surface area contributed by atoms with E-state index in [0.717, 1.165) is 45.1 Å². The molecule has 0 saturated heterocycles. The van der Waals surface area contributed by atoms with Crippen LogP contribution in [-0.2, 0) is 10.0 Å². The quantitative estimate of drug-likeness (QED) is 0.171. The Balaban J connectivity index is 0.000000247. The highest BCUT2D eigenvalue weighted by atomic mass is 19.1. The average molecular weight is 476 g/mol. The number of carbonyl (C=O) groups is 1. The molecular weight excluding hydrogens is 448 g/mol. The first-order valence-corrected chi connectivity index (χ1v) is 10.9. The van der Waals surface area contributed by atoms with Crippen molar-refractivity contribution in [2.24, 2.45) is 0 Å². The van der Waals surface area contributed by atoms with Crippen LogP contribution < -0.4 is 10.5 Å². The second-order valence-corrected chi connectivity index (χ2v) is 8.43. The molecule has 6 radical (unpaired) electrons. The van der Waals surface area contributed by atoms with Gasteiger partial charge in [0, 0.05) is 26.6 Å². The molecule has 0 aromatic carbocycles. The first-order chi connectivity index (χ1) is 16.4. The Morgan fingerprint density at radius 1 is 1.11 bits per heavy atom. The monoisotopic (exact) mass is 476 g/mol. The molecule has 0 spiro atoms. The lowest BCUT2D eigenvalue weighted by Crippen LogP contribution is -2.51. The molecule has 3 rings (SSSR count). The molecule has 3 heterocycles. The van der Waals surface area contributed by atoms with Crippen LogP contribution in [0.25, 0.3) is 5.65 Å². The highest BCUT2D eigenvalue weighted by Gasteiger charge is 2.39. The maximum Gasteiger partial charge on any atom is 0.156 e. The molecule has 0 aliphatic rings. The van der Waals surface area contributed by atoms with Gasteiger partial charge in [-0.1, -0.05) is 12.1 Å². The number of pyridine rings is 2. The average Bonchev–Trinajstić information content (AvgIpc) is 3.29. The van der Waals surface area contributed by atoms with E-state index in [-0.39, 0.29) is 17.0 Å².